The number of halogens is 1. The van der Waals surface area contributed by atoms with E-state index in [1.807, 2.05) is 31.2 Å². The molecule has 1 rings (SSSR count). The van der Waals surface area contributed by atoms with E-state index in [1.54, 1.807) is 0 Å². The van der Waals surface area contributed by atoms with Crippen molar-refractivity contribution >= 4 is 11.6 Å². The molecule has 0 aliphatic carbocycles. The highest BCUT2D eigenvalue weighted by Gasteiger charge is 2.00. The molecule has 2 heteroatoms. The van der Waals surface area contributed by atoms with Crippen LogP contribution in [0.25, 0.3) is 0 Å². The van der Waals surface area contributed by atoms with Crippen LogP contribution in [0.5, 0.6) is 0 Å². The molecule has 60 valence electrons. The second-order valence-electron chi connectivity index (χ2n) is 2.77. The molecule has 1 nitrogen and oxygen atoms in total. The Balaban J connectivity index is 2.78. The van der Waals surface area contributed by atoms with Crippen LogP contribution in [0.1, 0.15) is 12.5 Å². The van der Waals surface area contributed by atoms with E-state index in [1.165, 1.54) is 0 Å². The van der Waals surface area contributed by atoms with Gasteiger partial charge in [-0.15, -0.1) is 0 Å². The van der Waals surface area contributed by atoms with Gasteiger partial charge in [-0.3, -0.25) is 0 Å². The Hall–Kier alpha value is -0.530. The SMILES string of the molecule is CC(N)Cc1ccccc1Cl. The molecule has 0 aliphatic rings. The second-order valence-corrected chi connectivity index (χ2v) is 3.18. The average Bonchev–Trinajstić information content (AvgIpc) is 1.93. The quantitative estimate of drug-likeness (QED) is 0.722. The molecule has 0 saturated carbocycles. The monoisotopic (exact) mass is 169 g/mol. The third kappa shape index (κ3) is 2.52. The van der Waals surface area contributed by atoms with Crippen molar-refractivity contribution in [2.75, 3.05) is 0 Å². The van der Waals surface area contributed by atoms with Crippen LogP contribution >= 0.6 is 11.6 Å². The zero-order chi connectivity index (χ0) is 8.27. The van der Waals surface area contributed by atoms with Crippen LogP contribution in [-0.4, -0.2) is 6.04 Å². The summed E-state index contributed by atoms with van der Waals surface area (Å²) in [6, 6.07) is 7.97. The van der Waals surface area contributed by atoms with Crippen LogP contribution < -0.4 is 5.73 Å². The van der Waals surface area contributed by atoms with Crippen LogP contribution in [0.2, 0.25) is 5.02 Å². The molecule has 0 saturated heterocycles. The van der Waals surface area contributed by atoms with Gasteiger partial charge < -0.3 is 5.73 Å². The molecule has 0 fully saturated rings. The van der Waals surface area contributed by atoms with E-state index >= 15 is 0 Å². The van der Waals surface area contributed by atoms with Gasteiger partial charge in [0.15, 0.2) is 0 Å². The molecule has 0 radical (unpaired) electrons. The lowest BCUT2D eigenvalue weighted by molar-refractivity contribution is 0.738. The van der Waals surface area contributed by atoms with Gasteiger partial charge in [0.2, 0.25) is 0 Å². The highest BCUT2D eigenvalue weighted by molar-refractivity contribution is 6.31. The Morgan fingerprint density at radius 3 is 2.64 bits per heavy atom. The first-order chi connectivity index (χ1) is 5.20. The van der Waals surface area contributed by atoms with Crippen LogP contribution in [-0.2, 0) is 6.42 Å². The summed E-state index contributed by atoms with van der Waals surface area (Å²) in [4.78, 5) is 0. The number of benzene rings is 1. The molecule has 0 bridgehead atoms. The van der Waals surface area contributed by atoms with Crippen molar-refractivity contribution in [1.29, 1.82) is 0 Å². The van der Waals surface area contributed by atoms with Crippen molar-refractivity contribution in [2.24, 2.45) is 5.73 Å². The first-order valence-corrected chi connectivity index (χ1v) is 4.07. The molecular weight excluding hydrogens is 158 g/mol. The first kappa shape index (κ1) is 8.57. The van der Waals surface area contributed by atoms with E-state index in [9.17, 15) is 0 Å². The Labute approximate surface area is 72.2 Å². The van der Waals surface area contributed by atoms with Crippen molar-refractivity contribution in [3.05, 3.63) is 34.9 Å². The molecule has 1 aromatic rings. The normalized spacial score (nSPS) is 13.0. The average molecular weight is 170 g/mol. The maximum Gasteiger partial charge on any atom is 0.0438 e. The Morgan fingerprint density at radius 1 is 1.45 bits per heavy atom. The largest absolute Gasteiger partial charge is 0.328 e. The van der Waals surface area contributed by atoms with Gasteiger partial charge in [0.1, 0.15) is 0 Å². The third-order valence-corrected chi connectivity index (χ3v) is 1.87. The number of rotatable bonds is 2. The molecule has 2 N–H and O–H groups in total. The van der Waals surface area contributed by atoms with Crippen molar-refractivity contribution in [3.63, 3.8) is 0 Å². The number of nitrogens with two attached hydrogens (primary N) is 1. The zero-order valence-electron chi connectivity index (χ0n) is 6.55. The summed E-state index contributed by atoms with van der Waals surface area (Å²) in [7, 11) is 0. The maximum absolute atomic E-state index is 5.91. The van der Waals surface area contributed by atoms with E-state index in [0.717, 1.165) is 17.0 Å². The van der Waals surface area contributed by atoms with Gasteiger partial charge in [0.05, 0.1) is 0 Å². The van der Waals surface area contributed by atoms with E-state index in [2.05, 4.69) is 0 Å². The minimum atomic E-state index is 0.176. The van der Waals surface area contributed by atoms with E-state index in [4.69, 9.17) is 17.3 Å². The summed E-state index contributed by atoms with van der Waals surface area (Å²) in [5.41, 5.74) is 6.76. The summed E-state index contributed by atoms with van der Waals surface area (Å²) in [6.07, 6.45) is 0.847. The van der Waals surface area contributed by atoms with Crippen LogP contribution in [0.15, 0.2) is 24.3 Å². The van der Waals surface area contributed by atoms with Crippen LogP contribution in [0.3, 0.4) is 0 Å². The fraction of sp³-hybridized carbons (Fsp3) is 0.333. The van der Waals surface area contributed by atoms with Crippen LogP contribution in [0, 0.1) is 0 Å². The lowest BCUT2D eigenvalue weighted by atomic mass is 10.1. The lowest BCUT2D eigenvalue weighted by Gasteiger charge is -2.05. The number of hydrogen-bond acceptors (Lipinski definition) is 1. The summed E-state index contributed by atoms with van der Waals surface area (Å²) in [6.45, 7) is 1.98. The van der Waals surface area contributed by atoms with Gasteiger partial charge in [-0.1, -0.05) is 29.8 Å². The van der Waals surface area contributed by atoms with Gasteiger partial charge in [-0.2, -0.15) is 0 Å². The van der Waals surface area contributed by atoms with E-state index < -0.39 is 0 Å². The van der Waals surface area contributed by atoms with Gasteiger partial charge in [-0.05, 0) is 25.0 Å². The summed E-state index contributed by atoms with van der Waals surface area (Å²) in [5.74, 6) is 0. The van der Waals surface area contributed by atoms with Crippen molar-refractivity contribution in [2.45, 2.75) is 19.4 Å². The van der Waals surface area contributed by atoms with Crippen LogP contribution in [0.4, 0.5) is 0 Å². The molecule has 0 aliphatic heterocycles. The predicted molar refractivity (Wildman–Crippen MR) is 48.8 cm³/mol. The van der Waals surface area contributed by atoms with Gasteiger partial charge in [0.25, 0.3) is 0 Å². The lowest BCUT2D eigenvalue weighted by Crippen LogP contribution is -2.17. The molecule has 0 aromatic heterocycles. The van der Waals surface area contributed by atoms with Crippen molar-refractivity contribution in [3.8, 4) is 0 Å². The van der Waals surface area contributed by atoms with E-state index in [0.29, 0.717) is 0 Å². The molecule has 1 aromatic carbocycles. The number of hydrogen-bond donors (Lipinski definition) is 1. The van der Waals surface area contributed by atoms with Crippen molar-refractivity contribution < 1.29 is 0 Å². The molecule has 0 spiro atoms. The standard InChI is InChI=1S/C9H12ClN/c1-7(11)6-8-4-2-3-5-9(8)10/h2-5,7H,6,11H2,1H3. The summed E-state index contributed by atoms with van der Waals surface area (Å²) in [5, 5.41) is 0.810. The second kappa shape index (κ2) is 3.74. The first-order valence-electron chi connectivity index (χ1n) is 3.69. The van der Waals surface area contributed by atoms with Crippen molar-refractivity contribution in [1.82, 2.24) is 0 Å². The minimum Gasteiger partial charge on any atom is -0.328 e. The minimum absolute atomic E-state index is 0.176. The molecule has 0 amide bonds. The topological polar surface area (TPSA) is 26.0 Å². The van der Waals surface area contributed by atoms with Gasteiger partial charge in [-0.25, -0.2) is 0 Å². The molecule has 0 heterocycles. The summed E-state index contributed by atoms with van der Waals surface area (Å²) >= 11 is 5.91. The van der Waals surface area contributed by atoms with Gasteiger partial charge >= 0.3 is 0 Å². The summed E-state index contributed by atoms with van der Waals surface area (Å²) < 4.78 is 0. The van der Waals surface area contributed by atoms with E-state index in [-0.39, 0.29) is 6.04 Å². The Bertz CT molecular complexity index is 233. The van der Waals surface area contributed by atoms with Gasteiger partial charge in [0, 0.05) is 11.1 Å². The highest BCUT2D eigenvalue weighted by atomic mass is 35.5. The molecular formula is C9H12ClN. The molecule has 1 unspecified atom stereocenters. The fourth-order valence-electron chi connectivity index (χ4n) is 1.01. The predicted octanol–water partition coefficient (Wildman–Crippen LogP) is 2.23. The highest BCUT2D eigenvalue weighted by Crippen LogP contribution is 2.15. The third-order valence-electron chi connectivity index (χ3n) is 1.50. The molecule has 1 atom stereocenters. The molecule has 11 heavy (non-hydrogen) atoms. The Morgan fingerprint density at radius 2 is 2.09 bits per heavy atom. The maximum atomic E-state index is 5.91. The smallest absolute Gasteiger partial charge is 0.0438 e. The zero-order valence-corrected chi connectivity index (χ0v) is 7.31. The Kier molecular flexibility index (Phi) is 2.92. The fourth-order valence-corrected chi connectivity index (χ4v) is 1.22.